The van der Waals surface area contributed by atoms with E-state index < -0.39 is 0 Å². The summed E-state index contributed by atoms with van der Waals surface area (Å²) in [5.74, 6) is 1.79. The van der Waals surface area contributed by atoms with E-state index in [9.17, 15) is 0 Å². The second-order valence-electron chi connectivity index (χ2n) is 8.34. The van der Waals surface area contributed by atoms with Crippen molar-refractivity contribution in [1.82, 2.24) is 4.90 Å². The maximum Gasteiger partial charge on any atom is 0.0252 e. The summed E-state index contributed by atoms with van der Waals surface area (Å²) in [7, 11) is 0. The maximum atomic E-state index is 6.48. The van der Waals surface area contributed by atoms with Crippen LogP contribution in [0.4, 0.5) is 0 Å². The Hall–Kier alpha value is -0.0800. The van der Waals surface area contributed by atoms with Crippen molar-refractivity contribution in [3.8, 4) is 0 Å². The Morgan fingerprint density at radius 2 is 1.74 bits per heavy atom. The summed E-state index contributed by atoms with van der Waals surface area (Å²) in [5, 5.41) is 0. The molecule has 0 spiro atoms. The fourth-order valence-electron chi connectivity index (χ4n) is 3.67. The zero-order chi connectivity index (χ0) is 14.2. The van der Waals surface area contributed by atoms with E-state index in [1.807, 2.05) is 0 Å². The van der Waals surface area contributed by atoms with Gasteiger partial charge in [0.25, 0.3) is 0 Å². The molecule has 2 saturated carbocycles. The van der Waals surface area contributed by atoms with Crippen LogP contribution in [0, 0.1) is 17.3 Å². The molecule has 2 N–H and O–H groups in total. The first-order valence-electron chi connectivity index (χ1n) is 8.30. The third kappa shape index (κ3) is 3.95. The lowest BCUT2D eigenvalue weighted by atomic mass is 9.69. The van der Waals surface area contributed by atoms with Gasteiger partial charge in [-0.05, 0) is 63.2 Å². The smallest absolute Gasteiger partial charge is 0.0252 e. The van der Waals surface area contributed by atoms with Gasteiger partial charge in [0, 0.05) is 24.7 Å². The fourth-order valence-corrected chi connectivity index (χ4v) is 3.67. The van der Waals surface area contributed by atoms with E-state index in [1.54, 1.807) is 0 Å². The van der Waals surface area contributed by atoms with Gasteiger partial charge < -0.3 is 5.73 Å². The molecule has 2 rings (SSSR count). The minimum Gasteiger partial charge on any atom is -0.326 e. The number of nitrogens with zero attached hydrogens (tertiary/aromatic N) is 1. The summed E-state index contributed by atoms with van der Waals surface area (Å²) in [6, 6.07) is 1.63. The Kier molecular flexibility index (Phi) is 4.62. The molecule has 2 heteroatoms. The minimum absolute atomic E-state index is 0.389. The van der Waals surface area contributed by atoms with E-state index in [4.69, 9.17) is 5.73 Å². The molecule has 0 aromatic carbocycles. The van der Waals surface area contributed by atoms with E-state index in [0.717, 1.165) is 11.8 Å². The van der Waals surface area contributed by atoms with Crippen LogP contribution >= 0.6 is 0 Å². The van der Waals surface area contributed by atoms with Crippen LogP contribution in [0.1, 0.15) is 66.7 Å². The molecule has 2 aliphatic rings. The van der Waals surface area contributed by atoms with E-state index in [2.05, 4.69) is 39.5 Å². The van der Waals surface area contributed by atoms with Crippen LogP contribution in [-0.4, -0.2) is 29.6 Å². The first-order valence-corrected chi connectivity index (χ1v) is 8.30. The number of rotatable bonds is 4. The van der Waals surface area contributed by atoms with Crippen LogP contribution in [0.3, 0.4) is 0 Å². The van der Waals surface area contributed by atoms with Crippen molar-refractivity contribution in [2.75, 3.05) is 6.54 Å². The van der Waals surface area contributed by atoms with E-state index in [0.29, 0.717) is 23.5 Å². The molecule has 2 aliphatic carbocycles. The summed E-state index contributed by atoms with van der Waals surface area (Å²) in [4.78, 5) is 2.72. The Balaban J connectivity index is 2.04. The molecule has 0 aliphatic heterocycles. The normalized spacial score (nSPS) is 33.2. The molecule has 0 radical (unpaired) electrons. The van der Waals surface area contributed by atoms with Crippen LogP contribution in [0.25, 0.3) is 0 Å². The predicted octanol–water partition coefficient (Wildman–Crippen LogP) is 3.65. The summed E-state index contributed by atoms with van der Waals surface area (Å²) in [6.45, 7) is 13.2. The molecule has 19 heavy (non-hydrogen) atoms. The summed E-state index contributed by atoms with van der Waals surface area (Å²) < 4.78 is 0. The highest BCUT2D eigenvalue weighted by atomic mass is 15.2. The molecule has 0 bridgehead atoms. The monoisotopic (exact) mass is 266 g/mol. The van der Waals surface area contributed by atoms with Crippen LogP contribution in [0.15, 0.2) is 0 Å². The van der Waals surface area contributed by atoms with Crippen LogP contribution in [-0.2, 0) is 0 Å². The molecule has 0 aromatic heterocycles. The Morgan fingerprint density at radius 3 is 2.21 bits per heavy atom. The van der Waals surface area contributed by atoms with Gasteiger partial charge in [0.2, 0.25) is 0 Å². The molecule has 3 atom stereocenters. The second-order valence-corrected chi connectivity index (χ2v) is 8.34. The molecular weight excluding hydrogens is 232 g/mol. The Morgan fingerprint density at radius 1 is 1.11 bits per heavy atom. The summed E-state index contributed by atoms with van der Waals surface area (Å²) in [6.07, 6.45) is 6.70. The average molecular weight is 266 g/mol. The third-order valence-corrected chi connectivity index (χ3v) is 5.35. The molecule has 0 heterocycles. The fraction of sp³-hybridized carbons (Fsp3) is 1.00. The zero-order valence-corrected chi connectivity index (χ0v) is 13.7. The molecule has 3 unspecified atom stereocenters. The van der Waals surface area contributed by atoms with Crippen molar-refractivity contribution in [3.05, 3.63) is 0 Å². The number of hydrogen-bond donors (Lipinski definition) is 1. The summed E-state index contributed by atoms with van der Waals surface area (Å²) >= 11 is 0. The van der Waals surface area contributed by atoms with E-state index in [-0.39, 0.29) is 0 Å². The first-order chi connectivity index (χ1) is 8.79. The van der Waals surface area contributed by atoms with Crippen molar-refractivity contribution in [1.29, 1.82) is 0 Å². The van der Waals surface area contributed by atoms with Gasteiger partial charge in [0.15, 0.2) is 0 Å². The Labute approximate surface area is 120 Å². The van der Waals surface area contributed by atoms with Gasteiger partial charge in [-0.25, -0.2) is 0 Å². The largest absolute Gasteiger partial charge is 0.326 e. The van der Waals surface area contributed by atoms with Crippen molar-refractivity contribution < 1.29 is 0 Å². The van der Waals surface area contributed by atoms with Gasteiger partial charge >= 0.3 is 0 Å². The molecule has 0 aromatic rings. The molecule has 2 fully saturated rings. The van der Waals surface area contributed by atoms with Gasteiger partial charge in [0.05, 0.1) is 0 Å². The molecule has 0 saturated heterocycles. The lowest BCUT2D eigenvalue weighted by molar-refractivity contribution is 0.0478. The minimum atomic E-state index is 0.389. The summed E-state index contributed by atoms with van der Waals surface area (Å²) in [5.41, 5.74) is 6.91. The lowest BCUT2D eigenvalue weighted by Crippen LogP contribution is -2.55. The van der Waals surface area contributed by atoms with E-state index in [1.165, 1.54) is 38.6 Å². The molecule has 0 amide bonds. The number of nitrogens with two attached hydrogens (primary N) is 1. The number of hydrogen-bond acceptors (Lipinski definition) is 2. The second kappa shape index (κ2) is 5.73. The SMILES string of the molecule is CC(C)N(CC1CC1)C1CC(C(C)(C)C)CCC1N. The van der Waals surface area contributed by atoms with Crippen molar-refractivity contribution in [3.63, 3.8) is 0 Å². The van der Waals surface area contributed by atoms with E-state index >= 15 is 0 Å². The van der Waals surface area contributed by atoms with Crippen molar-refractivity contribution in [2.45, 2.75) is 84.8 Å². The highest BCUT2D eigenvalue weighted by molar-refractivity contribution is 4.95. The predicted molar refractivity (Wildman–Crippen MR) is 83.1 cm³/mol. The molecule has 2 nitrogen and oxygen atoms in total. The quantitative estimate of drug-likeness (QED) is 0.841. The topological polar surface area (TPSA) is 29.3 Å². The Bertz CT molecular complexity index is 288. The first kappa shape index (κ1) is 15.3. The molecule has 112 valence electrons. The zero-order valence-electron chi connectivity index (χ0n) is 13.7. The average Bonchev–Trinajstić information content (AvgIpc) is 3.09. The van der Waals surface area contributed by atoms with Crippen molar-refractivity contribution >= 4 is 0 Å². The third-order valence-electron chi connectivity index (χ3n) is 5.35. The maximum absolute atomic E-state index is 6.48. The standard InChI is InChI=1S/C17H34N2/c1-12(2)19(11-13-6-7-13)16-10-14(17(3,4)5)8-9-15(16)18/h12-16H,6-11,18H2,1-5H3. The van der Waals surface area contributed by atoms with Crippen LogP contribution < -0.4 is 5.73 Å². The van der Waals surface area contributed by atoms with Gasteiger partial charge in [-0.15, -0.1) is 0 Å². The van der Waals surface area contributed by atoms with Gasteiger partial charge in [-0.1, -0.05) is 20.8 Å². The van der Waals surface area contributed by atoms with Gasteiger partial charge in [-0.3, -0.25) is 4.90 Å². The van der Waals surface area contributed by atoms with Crippen LogP contribution in [0.2, 0.25) is 0 Å². The highest BCUT2D eigenvalue weighted by Gasteiger charge is 2.39. The van der Waals surface area contributed by atoms with Gasteiger partial charge in [0.1, 0.15) is 0 Å². The van der Waals surface area contributed by atoms with Crippen molar-refractivity contribution in [2.24, 2.45) is 23.0 Å². The lowest BCUT2D eigenvalue weighted by Gasteiger charge is -2.46. The highest BCUT2D eigenvalue weighted by Crippen LogP contribution is 2.40. The van der Waals surface area contributed by atoms with Gasteiger partial charge in [-0.2, -0.15) is 0 Å². The van der Waals surface area contributed by atoms with Crippen LogP contribution in [0.5, 0.6) is 0 Å². The molecular formula is C17H34N2.